The lowest BCUT2D eigenvalue weighted by atomic mass is 10.2. The molecule has 0 heterocycles. The molecule has 4 heteroatoms. The summed E-state index contributed by atoms with van der Waals surface area (Å²) in [6, 6.07) is 7.64. The number of rotatable bonds is 2. The minimum atomic E-state index is -0.175. The van der Waals surface area contributed by atoms with Gasteiger partial charge in [-0.05, 0) is 17.7 Å². The Morgan fingerprint density at radius 2 is 2.38 bits per heavy atom. The Labute approximate surface area is 85.0 Å². The van der Waals surface area contributed by atoms with Crippen molar-refractivity contribution < 1.29 is 4.79 Å². The van der Waals surface area contributed by atoms with Crippen LogP contribution >= 0.6 is 15.9 Å². The number of benzene rings is 1. The molecule has 0 saturated heterocycles. The number of carbonyl (C=O) groups is 1. The topological polar surface area (TPSA) is 41.5 Å². The fourth-order valence-corrected chi connectivity index (χ4v) is 1.20. The number of nitrogens with zero attached hydrogens (tertiary/aromatic N) is 1. The maximum absolute atomic E-state index is 10.5. The van der Waals surface area contributed by atoms with Crippen LogP contribution in [0, 0.1) is 0 Å². The summed E-state index contributed by atoms with van der Waals surface area (Å²) in [5, 5.41) is 3.74. The van der Waals surface area contributed by atoms with Crippen molar-refractivity contribution in [3.8, 4) is 0 Å². The van der Waals surface area contributed by atoms with Crippen molar-refractivity contribution in [2.75, 3.05) is 0 Å². The minimum absolute atomic E-state index is 0.175. The van der Waals surface area contributed by atoms with Gasteiger partial charge in [0.25, 0.3) is 0 Å². The predicted molar refractivity (Wildman–Crippen MR) is 55.6 cm³/mol. The monoisotopic (exact) mass is 240 g/mol. The first-order chi connectivity index (χ1) is 6.18. The molecule has 0 radical (unpaired) electrons. The second-order valence-corrected chi connectivity index (χ2v) is 3.40. The average Bonchev–Trinajstić information content (AvgIpc) is 2.03. The van der Waals surface area contributed by atoms with E-state index >= 15 is 0 Å². The third kappa shape index (κ3) is 3.85. The Hall–Kier alpha value is -1.16. The van der Waals surface area contributed by atoms with Crippen LogP contribution in [0.1, 0.15) is 12.5 Å². The van der Waals surface area contributed by atoms with Gasteiger partial charge in [0.1, 0.15) is 0 Å². The first kappa shape index (κ1) is 9.92. The molecule has 1 aromatic rings. The van der Waals surface area contributed by atoms with Crippen LogP contribution < -0.4 is 5.43 Å². The Kier molecular flexibility index (Phi) is 3.64. The summed E-state index contributed by atoms with van der Waals surface area (Å²) in [7, 11) is 0. The standard InChI is InChI=1S/C9H9BrN2O/c1-7(13)12-11-6-8-3-2-4-9(10)5-8/h2-6H,1H3,(H,12,13)/b11-6-. The molecule has 0 atom stereocenters. The Morgan fingerprint density at radius 1 is 1.62 bits per heavy atom. The fraction of sp³-hybridized carbons (Fsp3) is 0.111. The van der Waals surface area contributed by atoms with Gasteiger partial charge in [-0.25, -0.2) is 5.43 Å². The fourth-order valence-electron chi connectivity index (χ4n) is 0.785. The molecule has 3 nitrogen and oxygen atoms in total. The van der Waals surface area contributed by atoms with Gasteiger partial charge >= 0.3 is 0 Å². The van der Waals surface area contributed by atoms with E-state index in [2.05, 4.69) is 26.5 Å². The van der Waals surface area contributed by atoms with Gasteiger partial charge in [-0.15, -0.1) is 0 Å². The predicted octanol–water partition coefficient (Wildman–Crippen LogP) is 1.92. The molecule has 0 unspecified atom stereocenters. The summed E-state index contributed by atoms with van der Waals surface area (Å²) in [6.45, 7) is 1.41. The highest BCUT2D eigenvalue weighted by Gasteiger charge is 1.89. The Morgan fingerprint density at radius 3 is 3.00 bits per heavy atom. The van der Waals surface area contributed by atoms with Gasteiger partial charge in [-0.2, -0.15) is 5.10 Å². The maximum atomic E-state index is 10.5. The summed E-state index contributed by atoms with van der Waals surface area (Å²) in [5.41, 5.74) is 3.26. The molecule has 0 aliphatic heterocycles. The van der Waals surface area contributed by atoms with E-state index in [9.17, 15) is 4.79 Å². The molecule has 1 rings (SSSR count). The molecular formula is C9H9BrN2O. The number of amides is 1. The first-order valence-electron chi connectivity index (χ1n) is 3.73. The van der Waals surface area contributed by atoms with E-state index in [0.717, 1.165) is 10.0 Å². The molecule has 0 spiro atoms. The lowest BCUT2D eigenvalue weighted by Gasteiger charge is -1.94. The van der Waals surface area contributed by atoms with Crippen molar-refractivity contribution in [1.82, 2.24) is 5.43 Å². The smallest absolute Gasteiger partial charge is 0.236 e. The van der Waals surface area contributed by atoms with E-state index in [1.54, 1.807) is 6.21 Å². The largest absolute Gasteiger partial charge is 0.274 e. The van der Waals surface area contributed by atoms with Crippen LogP contribution in [0.3, 0.4) is 0 Å². The molecule has 1 aromatic carbocycles. The van der Waals surface area contributed by atoms with Gasteiger partial charge in [-0.3, -0.25) is 4.79 Å². The molecule has 0 aliphatic rings. The molecule has 0 saturated carbocycles. The van der Waals surface area contributed by atoms with Crippen LogP contribution in [0.2, 0.25) is 0 Å². The quantitative estimate of drug-likeness (QED) is 0.623. The van der Waals surface area contributed by atoms with Crippen molar-refractivity contribution in [2.24, 2.45) is 5.10 Å². The summed E-state index contributed by atoms with van der Waals surface area (Å²) >= 11 is 3.33. The van der Waals surface area contributed by atoms with Gasteiger partial charge < -0.3 is 0 Å². The van der Waals surface area contributed by atoms with E-state index in [-0.39, 0.29) is 5.91 Å². The van der Waals surface area contributed by atoms with Crippen molar-refractivity contribution in [2.45, 2.75) is 6.92 Å². The van der Waals surface area contributed by atoms with Crippen LogP contribution in [0.5, 0.6) is 0 Å². The number of nitrogens with one attached hydrogen (secondary N) is 1. The van der Waals surface area contributed by atoms with Crippen molar-refractivity contribution in [1.29, 1.82) is 0 Å². The molecule has 68 valence electrons. The van der Waals surface area contributed by atoms with Gasteiger partial charge in [0.15, 0.2) is 0 Å². The Balaban J connectivity index is 2.63. The van der Waals surface area contributed by atoms with Gasteiger partial charge in [0, 0.05) is 11.4 Å². The number of hydrogen-bond acceptors (Lipinski definition) is 2. The van der Waals surface area contributed by atoms with Gasteiger partial charge in [0.05, 0.1) is 6.21 Å². The van der Waals surface area contributed by atoms with Crippen LogP contribution in [-0.4, -0.2) is 12.1 Å². The number of carbonyl (C=O) groups excluding carboxylic acids is 1. The molecule has 0 aliphatic carbocycles. The van der Waals surface area contributed by atoms with Crippen molar-refractivity contribution >= 4 is 28.1 Å². The first-order valence-corrected chi connectivity index (χ1v) is 4.53. The third-order valence-electron chi connectivity index (χ3n) is 1.28. The SMILES string of the molecule is CC(=O)N/N=C\c1cccc(Br)c1. The molecule has 0 fully saturated rings. The van der Waals surface area contributed by atoms with E-state index in [0.29, 0.717) is 0 Å². The van der Waals surface area contributed by atoms with Crippen LogP contribution in [-0.2, 0) is 4.79 Å². The summed E-state index contributed by atoms with van der Waals surface area (Å²) in [4.78, 5) is 10.5. The van der Waals surface area contributed by atoms with Gasteiger partial charge in [-0.1, -0.05) is 28.1 Å². The van der Waals surface area contributed by atoms with E-state index in [1.165, 1.54) is 6.92 Å². The van der Waals surface area contributed by atoms with Crippen molar-refractivity contribution in [3.63, 3.8) is 0 Å². The number of halogens is 1. The highest BCUT2D eigenvalue weighted by Crippen LogP contribution is 2.09. The summed E-state index contributed by atoms with van der Waals surface area (Å²) in [6.07, 6.45) is 1.59. The maximum Gasteiger partial charge on any atom is 0.236 e. The molecule has 1 amide bonds. The normalized spacial score (nSPS) is 10.3. The lowest BCUT2D eigenvalue weighted by Crippen LogP contribution is -2.12. The zero-order chi connectivity index (χ0) is 9.68. The second-order valence-electron chi connectivity index (χ2n) is 2.48. The van der Waals surface area contributed by atoms with Crippen LogP contribution in [0.4, 0.5) is 0 Å². The summed E-state index contributed by atoms with van der Waals surface area (Å²) in [5.74, 6) is -0.175. The summed E-state index contributed by atoms with van der Waals surface area (Å²) < 4.78 is 0.985. The van der Waals surface area contributed by atoms with Crippen LogP contribution in [0.25, 0.3) is 0 Å². The minimum Gasteiger partial charge on any atom is -0.274 e. The van der Waals surface area contributed by atoms with Crippen LogP contribution in [0.15, 0.2) is 33.8 Å². The highest BCUT2D eigenvalue weighted by atomic mass is 79.9. The highest BCUT2D eigenvalue weighted by molar-refractivity contribution is 9.10. The molecule has 13 heavy (non-hydrogen) atoms. The van der Waals surface area contributed by atoms with Gasteiger partial charge in [0.2, 0.25) is 5.91 Å². The number of hydrogen-bond donors (Lipinski definition) is 1. The van der Waals surface area contributed by atoms with E-state index in [1.807, 2.05) is 24.3 Å². The number of hydrazone groups is 1. The van der Waals surface area contributed by atoms with Crippen molar-refractivity contribution in [3.05, 3.63) is 34.3 Å². The Bertz CT molecular complexity index is 336. The lowest BCUT2D eigenvalue weighted by molar-refractivity contribution is -0.118. The zero-order valence-corrected chi connectivity index (χ0v) is 8.71. The second kappa shape index (κ2) is 4.77. The van der Waals surface area contributed by atoms with E-state index in [4.69, 9.17) is 0 Å². The third-order valence-corrected chi connectivity index (χ3v) is 1.78. The molecular weight excluding hydrogens is 232 g/mol. The average molecular weight is 241 g/mol. The molecule has 1 N–H and O–H groups in total. The van der Waals surface area contributed by atoms with E-state index < -0.39 is 0 Å². The zero-order valence-electron chi connectivity index (χ0n) is 7.12. The molecule has 0 bridgehead atoms. The molecule has 0 aromatic heterocycles.